The van der Waals surface area contributed by atoms with Gasteiger partial charge in [-0.1, -0.05) is 18.2 Å². The van der Waals surface area contributed by atoms with Crippen LogP contribution in [0.15, 0.2) is 30.3 Å². The molecule has 24 heavy (non-hydrogen) atoms. The molecular weight excluding hydrogens is 324 g/mol. The van der Waals surface area contributed by atoms with Crippen molar-refractivity contribution in [2.24, 2.45) is 0 Å². The maximum Gasteiger partial charge on any atom is 0.307 e. The number of likely N-dealkylation sites (tertiary alicyclic amines) is 1. The number of thiophene rings is 1. The number of fused-ring (bicyclic) bond motifs is 1. The number of nitrogens with one attached hydrogen (secondary N) is 1. The van der Waals surface area contributed by atoms with E-state index < -0.39 is 0 Å². The van der Waals surface area contributed by atoms with Gasteiger partial charge in [0.05, 0.1) is 18.4 Å². The Morgan fingerprint density at radius 1 is 1.29 bits per heavy atom. The number of nitrogens with zero attached hydrogens (tertiary/aromatic N) is 1. The summed E-state index contributed by atoms with van der Waals surface area (Å²) in [4.78, 5) is 26.8. The molecule has 1 saturated heterocycles. The summed E-state index contributed by atoms with van der Waals surface area (Å²) < 4.78 is 5.87. The largest absolute Gasteiger partial charge is 0.469 e. The van der Waals surface area contributed by atoms with Crippen LogP contribution in [0.2, 0.25) is 0 Å². The maximum atomic E-state index is 12.4. The average molecular weight is 346 g/mol. The van der Waals surface area contributed by atoms with E-state index in [1.54, 1.807) is 0 Å². The lowest BCUT2D eigenvalue weighted by Gasteiger charge is -2.25. The van der Waals surface area contributed by atoms with Gasteiger partial charge in [0.2, 0.25) is 0 Å². The van der Waals surface area contributed by atoms with Crippen LogP contribution in [0.4, 0.5) is 0 Å². The molecule has 0 spiro atoms. The Morgan fingerprint density at radius 3 is 2.79 bits per heavy atom. The van der Waals surface area contributed by atoms with Crippen molar-refractivity contribution in [1.82, 2.24) is 10.2 Å². The molecule has 128 valence electrons. The molecular formula is C18H22N2O3S. The fourth-order valence-electron chi connectivity index (χ4n) is 3.25. The Balaban J connectivity index is 1.55. The normalized spacial score (nSPS) is 21.1. The first-order chi connectivity index (χ1) is 11.6. The molecule has 1 aromatic carbocycles. The Kier molecular flexibility index (Phi) is 5.16. The standard InChI is InChI=1S/C18H22N2O3S/c1-20-13(10-17(21)23-2)7-8-14(20)11-19-18(22)16-9-12-5-3-4-6-15(12)24-16/h3-6,9,13-14H,7-8,10-11H2,1-2H3,(H,19,22)/t13-,14+/m1/s1. The molecule has 6 heteroatoms. The summed E-state index contributed by atoms with van der Waals surface area (Å²) >= 11 is 1.51. The van der Waals surface area contributed by atoms with Gasteiger partial charge in [-0.15, -0.1) is 11.3 Å². The van der Waals surface area contributed by atoms with Gasteiger partial charge in [0.25, 0.3) is 5.91 Å². The first-order valence-corrected chi connectivity index (χ1v) is 8.95. The summed E-state index contributed by atoms with van der Waals surface area (Å²) in [7, 11) is 3.43. The zero-order chi connectivity index (χ0) is 17.1. The molecule has 1 amide bonds. The molecule has 3 rings (SSSR count). The second kappa shape index (κ2) is 7.32. The predicted molar refractivity (Wildman–Crippen MR) is 95.4 cm³/mol. The van der Waals surface area contributed by atoms with Crippen molar-refractivity contribution in [3.8, 4) is 0 Å². The third-order valence-corrected chi connectivity index (χ3v) is 5.88. The van der Waals surface area contributed by atoms with E-state index in [0.717, 1.165) is 27.8 Å². The topological polar surface area (TPSA) is 58.6 Å². The van der Waals surface area contributed by atoms with Gasteiger partial charge >= 0.3 is 5.97 Å². The van der Waals surface area contributed by atoms with Crippen molar-refractivity contribution in [3.63, 3.8) is 0 Å². The molecule has 1 aliphatic heterocycles. The molecule has 2 aromatic rings. The lowest BCUT2D eigenvalue weighted by molar-refractivity contribution is -0.141. The third-order valence-electron chi connectivity index (χ3n) is 4.76. The van der Waals surface area contributed by atoms with Crippen LogP contribution in [0.3, 0.4) is 0 Å². The highest BCUT2D eigenvalue weighted by atomic mass is 32.1. The summed E-state index contributed by atoms with van der Waals surface area (Å²) in [6, 6.07) is 10.4. The van der Waals surface area contributed by atoms with Gasteiger partial charge in [0.15, 0.2) is 0 Å². The molecule has 0 bridgehead atoms. The Bertz CT molecular complexity index is 710. The second-order valence-corrected chi connectivity index (χ2v) is 7.27. The van der Waals surface area contributed by atoms with Crippen molar-refractivity contribution >= 4 is 33.3 Å². The molecule has 2 atom stereocenters. The zero-order valence-corrected chi connectivity index (χ0v) is 14.8. The highest BCUT2D eigenvalue weighted by molar-refractivity contribution is 7.20. The van der Waals surface area contributed by atoms with Crippen molar-refractivity contribution in [3.05, 3.63) is 35.2 Å². The smallest absolute Gasteiger partial charge is 0.307 e. The van der Waals surface area contributed by atoms with Crippen molar-refractivity contribution in [2.45, 2.75) is 31.3 Å². The van der Waals surface area contributed by atoms with E-state index in [1.807, 2.05) is 37.4 Å². The SMILES string of the molecule is COC(=O)C[C@H]1CC[C@@H](CNC(=O)c2cc3ccccc3s2)N1C. The quantitative estimate of drug-likeness (QED) is 0.846. The van der Waals surface area contributed by atoms with Crippen molar-refractivity contribution in [2.75, 3.05) is 20.7 Å². The van der Waals surface area contributed by atoms with E-state index in [9.17, 15) is 9.59 Å². The molecule has 0 aliphatic carbocycles. The van der Waals surface area contributed by atoms with Crippen molar-refractivity contribution < 1.29 is 14.3 Å². The summed E-state index contributed by atoms with van der Waals surface area (Å²) in [5.41, 5.74) is 0. The number of carbonyl (C=O) groups is 2. The molecule has 0 unspecified atom stereocenters. The molecule has 1 aliphatic rings. The van der Waals surface area contributed by atoms with Crippen LogP contribution in [-0.4, -0.2) is 49.6 Å². The van der Waals surface area contributed by atoms with E-state index >= 15 is 0 Å². The van der Waals surface area contributed by atoms with Crippen LogP contribution < -0.4 is 5.32 Å². The first kappa shape index (κ1) is 16.9. The molecule has 2 heterocycles. The van der Waals surface area contributed by atoms with Gasteiger partial charge in [0.1, 0.15) is 0 Å². The van der Waals surface area contributed by atoms with Crippen LogP contribution >= 0.6 is 11.3 Å². The van der Waals surface area contributed by atoms with Crippen LogP contribution in [-0.2, 0) is 9.53 Å². The Labute approximate surface area is 145 Å². The van der Waals surface area contributed by atoms with Gasteiger partial charge in [-0.25, -0.2) is 0 Å². The van der Waals surface area contributed by atoms with Gasteiger partial charge in [-0.05, 0) is 37.4 Å². The van der Waals surface area contributed by atoms with Crippen LogP contribution in [0.25, 0.3) is 10.1 Å². The number of likely N-dealkylation sites (N-methyl/N-ethyl adjacent to an activating group) is 1. The molecule has 0 radical (unpaired) electrons. The lowest BCUT2D eigenvalue weighted by Crippen LogP contribution is -2.41. The summed E-state index contributed by atoms with van der Waals surface area (Å²) in [5, 5.41) is 4.13. The van der Waals surface area contributed by atoms with E-state index in [1.165, 1.54) is 18.4 Å². The number of hydrogen-bond acceptors (Lipinski definition) is 5. The number of benzene rings is 1. The van der Waals surface area contributed by atoms with Crippen LogP contribution in [0.5, 0.6) is 0 Å². The monoisotopic (exact) mass is 346 g/mol. The second-order valence-electron chi connectivity index (χ2n) is 6.19. The van der Waals surface area contributed by atoms with Gasteiger partial charge < -0.3 is 10.1 Å². The van der Waals surface area contributed by atoms with E-state index in [-0.39, 0.29) is 24.0 Å². The predicted octanol–water partition coefficient (Wildman–Crippen LogP) is 2.66. The van der Waals surface area contributed by atoms with Crippen LogP contribution in [0, 0.1) is 0 Å². The highest BCUT2D eigenvalue weighted by Crippen LogP contribution is 2.26. The lowest BCUT2D eigenvalue weighted by atomic mass is 10.1. The van der Waals surface area contributed by atoms with E-state index in [4.69, 9.17) is 4.74 Å². The van der Waals surface area contributed by atoms with Gasteiger partial charge in [-0.2, -0.15) is 0 Å². The highest BCUT2D eigenvalue weighted by Gasteiger charge is 2.32. The number of amides is 1. The third kappa shape index (κ3) is 3.60. The minimum atomic E-state index is -0.179. The molecule has 1 N–H and O–H groups in total. The fraction of sp³-hybridized carbons (Fsp3) is 0.444. The molecule has 1 aromatic heterocycles. The fourth-order valence-corrected chi connectivity index (χ4v) is 4.23. The number of methoxy groups -OCH3 is 1. The van der Waals surface area contributed by atoms with Crippen molar-refractivity contribution in [1.29, 1.82) is 0 Å². The average Bonchev–Trinajstić information content (AvgIpc) is 3.17. The minimum Gasteiger partial charge on any atom is -0.469 e. The number of esters is 1. The maximum absolute atomic E-state index is 12.4. The van der Waals surface area contributed by atoms with Gasteiger partial charge in [-0.3, -0.25) is 14.5 Å². The molecule has 1 fully saturated rings. The minimum absolute atomic E-state index is 0.0268. The van der Waals surface area contributed by atoms with Crippen LogP contribution in [0.1, 0.15) is 28.9 Å². The number of ether oxygens (including phenoxy) is 1. The summed E-state index contributed by atoms with van der Waals surface area (Å²) in [6.07, 6.45) is 2.34. The van der Waals surface area contributed by atoms with Gasteiger partial charge in [0, 0.05) is 23.3 Å². The Morgan fingerprint density at radius 2 is 2.04 bits per heavy atom. The Hall–Kier alpha value is -1.92. The molecule has 5 nitrogen and oxygen atoms in total. The summed E-state index contributed by atoms with van der Waals surface area (Å²) in [6.45, 7) is 0.598. The number of hydrogen-bond donors (Lipinski definition) is 1. The number of rotatable bonds is 5. The number of carbonyl (C=O) groups excluding carboxylic acids is 2. The summed E-state index contributed by atoms with van der Waals surface area (Å²) in [5.74, 6) is -0.206. The van der Waals surface area contributed by atoms with E-state index in [0.29, 0.717) is 13.0 Å². The zero-order valence-electron chi connectivity index (χ0n) is 14.0. The first-order valence-electron chi connectivity index (χ1n) is 8.14. The van der Waals surface area contributed by atoms with E-state index in [2.05, 4.69) is 10.2 Å². The molecule has 0 saturated carbocycles.